The summed E-state index contributed by atoms with van der Waals surface area (Å²) in [5, 5.41) is 5.68. The van der Waals surface area contributed by atoms with Gasteiger partial charge in [-0.1, -0.05) is 26.0 Å². The molecule has 0 aromatic heterocycles. The van der Waals surface area contributed by atoms with Gasteiger partial charge in [0.25, 0.3) is 0 Å². The summed E-state index contributed by atoms with van der Waals surface area (Å²) in [6, 6.07) is 7.40. The third-order valence-corrected chi connectivity index (χ3v) is 3.25. The number of hydrogen-bond donors (Lipinski definition) is 3. The van der Waals surface area contributed by atoms with E-state index in [0.717, 1.165) is 37.3 Å². The minimum absolute atomic E-state index is 0.168. The second kappa shape index (κ2) is 9.34. The van der Waals surface area contributed by atoms with Gasteiger partial charge >= 0.3 is 6.03 Å². The molecule has 0 fully saturated rings. The van der Waals surface area contributed by atoms with Crippen LogP contribution in [0.5, 0.6) is 0 Å². The van der Waals surface area contributed by atoms with Gasteiger partial charge in [0.15, 0.2) is 0 Å². The predicted octanol–water partition coefficient (Wildman–Crippen LogP) is 2.00. The predicted molar refractivity (Wildman–Crippen MR) is 83.8 cm³/mol. The van der Waals surface area contributed by atoms with Gasteiger partial charge in [-0.15, -0.1) is 0 Å². The van der Waals surface area contributed by atoms with Gasteiger partial charge in [0.05, 0.1) is 0 Å². The van der Waals surface area contributed by atoms with Crippen molar-refractivity contribution in [1.29, 1.82) is 0 Å². The van der Waals surface area contributed by atoms with Gasteiger partial charge in [-0.25, -0.2) is 4.79 Å². The number of anilines is 1. The summed E-state index contributed by atoms with van der Waals surface area (Å²) in [4.78, 5) is 14.1. The molecular weight excluding hydrogens is 252 g/mol. The molecule has 5 nitrogen and oxygen atoms in total. The lowest BCUT2D eigenvalue weighted by Crippen LogP contribution is -2.32. The highest BCUT2D eigenvalue weighted by Gasteiger charge is 2.02. The maximum atomic E-state index is 11.7. The van der Waals surface area contributed by atoms with Crippen LogP contribution in [0.4, 0.5) is 10.5 Å². The Labute approximate surface area is 121 Å². The number of nitrogens with zero attached hydrogens (tertiary/aromatic N) is 1. The molecule has 0 unspecified atom stereocenters. The lowest BCUT2D eigenvalue weighted by Gasteiger charge is -2.17. The summed E-state index contributed by atoms with van der Waals surface area (Å²) >= 11 is 0. The van der Waals surface area contributed by atoms with Gasteiger partial charge in [-0.05, 0) is 43.8 Å². The second-order valence-corrected chi connectivity index (χ2v) is 4.67. The Morgan fingerprint density at radius 2 is 2.05 bits per heavy atom. The number of urea groups is 1. The molecule has 0 aliphatic heterocycles. The van der Waals surface area contributed by atoms with Gasteiger partial charge in [-0.3, -0.25) is 0 Å². The Kier molecular flexibility index (Phi) is 7.69. The Morgan fingerprint density at radius 3 is 2.70 bits per heavy atom. The highest BCUT2D eigenvalue weighted by atomic mass is 16.2. The van der Waals surface area contributed by atoms with E-state index in [0.29, 0.717) is 13.1 Å². The molecule has 0 aliphatic rings. The summed E-state index contributed by atoms with van der Waals surface area (Å²) in [6.07, 6.45) is 0.956. The average molecular weight is 278 g/mol. The zero-order chi connectivity index (χ0) is 14.8. The number of nitrogens with two attached hydrogens (primary N) is 1. The molecule has 0 saturated heterocycles. The standard InChI is InChI=1S/C15H26N4O/c1-3-19(4-2)10-6-9-17-15(20)18-14-8-5-7-13(11-14)12-16/h5,7-8,11H,3-4,6,9-10,12,16H2,1-2H3,(H2,17,18,20). The summed E-state index contributed by atoms with van der Waals surface area (Å²) in [5.41, 5.74) is 7.35. The fourth-order valence-electron chi connectivity index (χ4n) is 2.00. The van der Waals surface area contributed by atoms with E-state index >= 15 is 0 Å². The Bertz CT molecular complexity index is 405. The van der Waals surface area contributed by atoms with E-state index in [1.807, 2.05) is 24.3 Å². The van der Waals surface area contributed by atoms with Crippen molar-refractivity contribution in [3.63, 3.8) is 0 Å². The molecular formula is C15H26N4O. The molecule has 0 heterocycles. The van der Waals surface area contributed by atoms with Crippen molar-refractivity contribution in [1.82, 2.24) is 10.2 Å². The zero-order valence-corrected chi connectivity index (χ0v) is 12.5. The van der Waals surface area contributed by atoms with Gasteiger partial charge in [-0.2, -0.15) is 0 Å². The first-order chi connectivity index (χ1) is 9.69. The van der Waals surface area contributed by atoms with Crippen molar-refractivity contribution < 1.29 is 4.79 Å². The molecule has 1 rings (SSSR count). The molecule has 112 valence electrons. The van der Waals surface area contributed by atoms with Crippen LogP contribution in [0.3, 0.4) is 0 Å². The molecule has 4 N–H and O–H groups in total. The Morgan fingerprint density at radius 1 is 1.30 bits per heavy atom. The van der Waals surface area contributed by atoms with Crippen LogP contribution in [0.15, 0.2) is 24.3 Å². The van der Waals surface area contributed by atoms with Crippen LogP contribution < -0.4 is 16.4 Å². The van der Waals surface area contributed by atoms with E-state index < -0.39 is 0 Å². The quantitative estimate of drug-likeness (QED) is 0.637. The molecule has 1 aromatic carbocycles. The monoisotopic (exact) mass is 278 g/mol. The van der Waals surface area contributed by atoms with Crippen molar-refractivity contribution >= 4 is 11.7 Å². The summed E-state index contributed by atoms with van der Waals surface area (Å²) in [6.45, 7) is 8.56. The van der Waals surface area contributed by atoms with E-state index in [1.165, 1.54) is 0 Å². The molecule has 1 aromatic rings. The highest BCUT2D eigenvalue weighted by molar-refractivity contribution is 5.89. The van der Waals surface area contributed by atoms with Gasteiger partial charge < -0.3 is 21.3 Å². The fourth-order valence-corrected chi connectivity index (χ4v) is 2.00. The molecule has 0 atom stereocenters. The van der Waals surface area contributed by atoms with Crippen LogP contribution in [-0.2, 0) is 6.54 Å². The smallest absolute Gasteiger partial charge is 0.319 e. The molecule has 20 heavy (non-hydrogen) atoms. The maximum absolute atomic E-state index is 11.7. The first-order valence-corrected chi connectivity index (χ1v) is 7.25. The molecule has 0 aliphatic carbocycles. The largest absolute Gasteiger partial charge is 0.338 e. The number of nitrogens with one attached hydrogen (secondary N) is 2. The number of amides is 2. The summed E-state index contributed by atoms with van der Waals surface area (Å²) < 4.78 is 0. The zero-order valence-electron chi connectivity index (χ0n) is 12.5. The number of benzene rings is 1. The number of rotatable bonds is 8. The molecule has 0 radical (unpaired) electrons. The molecule has 0 saturated carbocycles. The van der Waals surface area contributed by atoms with Gasteiger partial charge in [0.1, 0.15) is 0 Å². The van der Waals surface area contributed by atoms with Crippen LogP contribution >= 0.6 is 0 Å². The van der Waals surface area contributed by atoms with Crippen molar-refractivity contribution in [3.8, 4) is 0 Å². The average Bonchev–Trinajstić information content (AvgIpc) is 2.47. The minimum atomic E-state index is -0.168. The van der Waals surface area contributed by atoms with E-state index in [4.69, 9.17) is 5.73 Å². The van der Waals surface area contributed by atoms with E-state index in [1.54, 1.807) is 0 Å². The lowest BCUT2D eigenvalue weighted by atomic mass is 10.2. The first-order valence-electron chi connectivity index (χ1n) is 7.25. The van der Waals surface area contributed by atoms with E-state index in [9.17, 15) is 4.79 Å². The molecule has 0 spiro atoms. The number of carbonyl (C=O) groups is 1. The topological polar surface area (TPSA) is 70.4 Å². The van der Waals surface area contributed by atoms with Gasteiger partial charge in [0, 0.05) is 18.8 Å². The van der Waals surface area contributed by atoms with E-state index in [2.05, 4.69) is 29.4 Å². The maximum Gasteiger partial charge on any atom is 0.319 e. The SMILES string of the molecule is CCN(CC)CCCNC(=O)Nc1cccc(CN)c1. The van der Waals surface area contributed by atoms with Crippen molar-refractivity contribution in [3.05, 3.63) is 29.8 Å². The van der Waals surface area contributed by atoms with E-state index in [-0.39, 0.29) is 6.03 Å². The first kappa shape index (κ1) is 16.5. The second-order valence-electron chi connectivity index (χ2n) is 4.67. The fraction of sp³-hybridized carbons (Fsp3) is 0.533. The molecule has 0 bridgehead atoms. The van der Waals surface area contributed by atoms with Gasteiger partial charge in [0.2, 0.25) is 0 Å². The summed E-state index contributed by atoms with van der Waals surface area (Å²) in [7, 11) is 0. The number of hydrogen-bond acceptors (Lipinski definition) is 3. The van der Waals surface area contributed by atoms with Crippen LogP contribution in [0.2, 0.25) is 0 Å². The highest BCUT2D eigenvalue weighted by Crippen LogP contribution is 2.09. The van der Waals surface area contributed by atoms with Crippen LogP contribution in [0, 0.1) is 0 Å². The van der Waals surface area contributed by atoms with Crippen LogP contribution in [-0.4, -0.2) is 37.1 Å². The van der Waals surface area contributed by atoms with Crippen molar-refractivity contribution in [2.45, 2.75) is 26.8 Å². The van der Waals surface area contributed by atoms with Crippen LogP contribution in [0.1, 0.15) is 25.8 Å². The normalized spacial score (nSPS) is 10.6. The third kappa shape index (κ3) is 6.04. The van der Waals surface area contributed by atoms with Crippen molar-refractivity contribution in [2.24, 2.45) is 5.73 Å². The summed E-state index contributed by atoms with van der Waals surface area (Å²) in [5.74, 6) is 0. The van der Waals surface area contributed by atoms with Crippen molar-refractivity contribution in [2.75, 3.05) is 31.5 Å². The molecule has 2 amide bonds. The Balaban J connectivity index is 2.26. The minimum Gasteiger partial charge on any atom is -0.338 e. The van der Waals surface area contributed by atoms with Crippen LogP contribution in [0.25, 0.3) is 0 Å². The molecule has 5 heteroatoms. The third-order valence-electron chi connectivity index (χ3n) is 3.25. The number of carbonyl (C=O) groups excluding carboxylic acids is 1. The lowest BCUT2D eigenvalue weighted by molar-refractivity contribution is 0.250. The Hall–Kier alpha value is -1.59.